The van der Waals surface area contributed by atoms with Crippen molar-refractivity contribution in [3.8, 4) is 0 Å². The number of halogens is 2. The first-order chi connectivity index (χ1) is 15.3. The summed E-state index contributed by atoms with van der Waals surface area (Å²) in [4.78, 5) is 30.7. The second-order valence-corrected chi connectivity index (χ2v) is 9.01. The quantitative estimate of drug-likeness (QED) is 0.538. The number of benzene rings is 1. The van der Waals surface area contributed by atoms with E-state index in [9.17, 15) is 14.0 Å². The number of Topliss-reactive ketones (excluding diaryl/α,β-unsaturated/α-hetero) is 1. The predicted molar refractivity (Wildman–Crippen MR) is 121 cm³/mol. The minimum Gasteiger partial charge on any atom is -0.358 e. The van der Waals surface area contributed by atoms with Crippen LogP contribution in [0.3, 0.4) is 0 Å². The Morgan fingerprint density at radius 2 is 2.03 bits per heavy atom. The topological polar surface area (TPSA) is 71.0 Å². The molecule has 2 aromatic heterocycles. The lowest BCUT2D eigenvalue weighted by molar-refractivity contribution is 0.0988. The molecule has 1 aliphatic rings. The Morgan fingerprint density at radius 1 is 1.28 bits per heavy atom. The number of piperidine rings is 1. The average molecular weight is 457 g/mol. The van der Waals surface area contributed by atoms with Crippen molar-refractivity contribution < 1.29 is 14.0 Å². The van der Waals surface area contributed by atoms with Crippen LogP contribution in [0.4, 0.5) is 4.39 Å². The number of ketones is 2. The monoisotopic (exact) mass is 456 g/mol. The van der Waals surface area contributed by atoms with E-state index in [1.54, 1.807) is 13.1 Å². The maximum absolute atomic E-state index is 14.4. The van der Waals surface area contributed by atoms with E-state index in [4.69, 9.17) is 11.6 Å². The van der Waals surface area contributed by atoms with Crippen LogP contribution in [-0.4, -0.2) is 51.4 Å². The lowest BCUT2D eigenvalue weighted by atomic mass is 9.97. The number of carbonyl (C=O) groups excluding carboxylic acids is 2. The van der Waals surface area contributed by atoms with Gasteiger partial charge < -0.3 is 9.88 Å². The van der Waals surface area contributed by atoms with Gasteiger partial charge in [-0.15, -0.1) is 0 Å². The smallest absolute Gasteiger partial charge is 0.199 e. The fraction of sp³-hybridized carbons (Fsp3) is 0.375. The molecule has 1 aromatic carbocycles. The van der Waals surface area contributed by atoms with Gasteiger partial charge in [-0.25, -0.2) is 4.39 Å². The summed E-state index contributed by atoms with van der Waals surface area (Å²) in [5.74, 6) is -0.773. The molecule has 1 N–H and O–H groups in total. The number of hydrogen-bond donors (Lipinski definition) is 1. The summed E-state index contributed by atoms with van der Waals surface area (Å²) in [6.07, 6.45) is 7.50. The zero-order valence-corrected chi connectivity index (χ0v) is 19.0. The molecule has 1 fully saturated rings. The number of rotatable bonds is 7. The van der Waals surface area contributed by atoms with Gasteiger partial charge in [0.25, 0.3) is 0 Å². The van der Waals surface area contributed by atoms with Crippen molar-refractivity contribution in [2.75, 3.05) is 20.1 Å². The molecule has 1 aliphatic heterocycles. The largest absolute Gasteiger partial charge is 0.358 e. The van der Waals surface area contributed by atoms with Crippen molar-refractivity contribution in [1.29, 1.82) is 0 Å². The molecule has 8 heteroatoms. The van der Waals surface area contributed by atoms with Crippen molar-refractivity contribution in [1.82, 2.24) is 19.7 Å². The van der Waals surface area contributed by atoms with E-state index >= 15 is 0 Å². The summed E-state index contributed by atoms with van der Waals surface area (Å²) in [5, 5.41) is 4.45. The molecule has 0 amide bonds. The van der Waals surface area contributed by atoms with Gasteiger partial charge in [-0.05, 0) is 69.1 Å². The van der Waals surface area contributed by atoms with Crippen LogP contribution in [0.5, 0.6) is 0 Å². The van der Waals surface area contributed by atoms with Gasteiger partial charge >= 0.3 is 0 Å². The first kappa shape index (κ1) is 22.4. The SMILES string of the molecule is Cc1ccc(Cl)c(C(=O)c2c[nH]c(C(=O)Cc3cnn(CC4CCN(C)CC4)c3)c2)c1F. The van der Waals surface area contributed by atoms with E-state index in [2.05, 4.69) is 22.0 Å². The number of H-pyrrole nitrogens is 1. The molecular formula is C24H26ClFN4O2. The number of aryl methyl sites for hydroxylation is 1. The summed E-state index contributed by atoms with van der Waals surface area (Å²) in [7, 11) is 2.14. The van der Waals surface area contributed by atoms with Gasteiger partial charge in [0.1, 0.15) is 5.82 Å². The Kier molecular flexibility index (Phi) is 6.58. The van der Waals surface area contributed by atoms with Crippen LogP contribution < -0.4 is 0 Å². The molecule has 6 nitrogen and oxygen atoms in total. The van der Waals surface area contributed by atoms with Crippen LogP contribution >= 0.6 is 11.6 Å². The van der Waals surface area contributed by atoms with E-state index in [-0.39, 0.29) is 28.4 Å². The third-order valence-corrected chi connectivity index (χ3v) is 6.41. The molecule has 0 unspecified atom stereocenters. The first-order valence-corrected chi connectivity index (χ1v) is 11.1. The van der Waals surface area contributed by atoms with Crippen LogP contribution in [-0.2, 0) is 13.0 Å². The summed E-state index contributed by atoms with van der Waals surface area (Å²) < 4.78 is 16.4. The molecule has 0 aliphatic carbocycles. The van der Waals surface area contributed by atoms with Crippen LogP contribution in [0, 0.1) is 18.7 Å². The molecule has 0 bridgehead atoms. The zero-order chi connectivity index (χ0) is 22.8. The fourth-order valence-corrected chi connectivity index (χ4v) is 4.31. The van der Waals surface area contributed by atoms with Crippen molar-refractivity contribution in [3.63, 3.8) is 0 Å². The summed E-state index contributed by atoms with van der Waals surface area (Å²) >= 11 is 6.05. The Hall–Kier alpha value is -2.77. The molecule has 0 atom stereocenters. The predicted octanol–water partition coefficient (Wildman–Crippen LogP) is 4.31. The number of carbonyl (C=O) groups is 2. The minimum atomic E-state index is -0.645. The van der Waals surface area contributed by atoms with E-state index in [1.165, 1.54) is 24.4 Å². The van der Waals surface area contributed by atoms with Gasteiger partial charge in [-0.2, -0.15) is 5.10 Å². The Bertz CT molecular complexity index is 1140. The van der Waals surface area contributed by atoms with Gasteiger partial charge in [0.05, 0.1) is 22.5 Å². The normalized spacial score (nSPS) is 15.2. The van der Waals surface area contributed by atoms with E-state index in [1.807, 2.05) is 10.9 Å². The Labute approximate surface area is 191 Å². The molecule has 1 saturated heterocycles. The van der Waals surface area contributed by atoms with Crippen molar-refractivity contribution in [2.24, 2.45) is 5.92 Å². The maximum atomic E-state index is 14.4. The van der Waals surface area contributed by atoms with E-state index in [0.717, 1.165) is 38.0 Å². The average Bonchev–Trinajstić information content (AvgIpc) is 3.42. The number of hydrogen-bond acceptors (Lipinski definition) is 4. The lowest BCUT2D eigenvalue weighted by Crippen LogP contribution is -2.31. The van der Waals surface area contributed by atoms with Gasteiger partial charge in [0.2, 0.25) is 0 Å². The third-order valence-electron chi connectivity index (χ3n) is 6.09. The van der Waals surface area contributed by atoms with Crippen molar-refractivity contribution in [3.05, 3.63) is 75.6 Å². The second kappa shape index (κ2) is 9.38. The molecule has 0 spiro atoms. The lowest BCUT2D eigenvalue weighted by Gasteiger charge is -2.28. The highest BCUT2D eigenvalue weighted by Crippen LogP contribution is 2.25. The van der Waals surface area contributed by atoms with Crippen LogP contribution in [0.2, 0.25) is 5.02 Å². The van der Waals surface area contributed by atoms with Crippen molar-refractivity contribution >= 4 is 23.2 Å². The standard InChI is InChI=1S/C24H26ClFN4O2/c1-15-3-4-19(25)22(23(15)26)24(32)18-10-20(27-12-18)21(31)9-17-11-28-30(14-17)13-16-5-7-29(2)8-6-16/h3-4,10-12,14,16,27H,5-9,13H2,1-2H3. The number of aromatic amines is 1. The van der Waals surface area contributed by atoms with Crippen LogP contribution in [0.1, 0.15) is 50.4 Å². The molecule has 32 heavy (non-hydrogen) atoms. The van der Waals surface area contributed by atoms with Crippen molar-refractivity contribution in [2.45, 2.75) is 32.7 Å². The third kappa shape index (κ3) is 4.84. The zero-order valence-electron chi connectivity index (χ0n) is 18.2. The van der Waals surface area contributed by atoms with Gasteiger partial charge in [-0.3, -0.25) is 14.3 Å². The molecule has 0 radical (unpaired) electrons. The Balaban J connectivity index is 1.41. The first-order valence-electron chi connectivity index (χ1n) is 10.7. The van der Waals surface area contributed by atoms with E-state index in [0.29, 0.717) is 17.2 Å². The minimum absolute atomic E-state index is 0.0456. The van der Waals surface area contributed by atoms with E-state index < -0.39 is 11.6 Å². The number of nitrogens with one attached hydrogen (secondary N) is 1. The highest BCUT2D eigenvalue weighted by atomic mass is 35.5. The maximum Gasteiger partial charge on any atom is 0.199 e. The molecule has 3 aromatic rings. The van der Waals surface area contributed by atoms with Gasteiger partial charge in [-0.1, -0.05) is 17.7 Å². The summed E-state index contributed by atoms with van der Waals surface area (Å²) in [5.41, 5.74) is 1.46. The molecule has 3 heterocycles. The summed E-state index contributed by atoms with van der Waals surface area (Å²) in [6, 6.07) is 4.47. The number of likely N-dealkylation sites (tertiary alicyclic amines) is 1. The van der Waals surface area contributed by atoms with Crippen LogP contribution in [0.15, 0.2) is 36.8 Å². The van der Waals surface area contributed by atoms with Crippen LogP contribution in [0.25, 0.3) is 0 Å². The second-order valence-electron chi connectivity index (χ2n) is 8.60. The molecule has 0 saturated carbocycles. The molecular weight excluding hydrogens is 431 g/mol. The highest BCUT2D eigenvalue weighted by molar-refractivity contribution is 6.35. The molecule has 4 rings (SSSR count). The Morgan fingerprint density at radius 3 is 2.78 bits per heavy atom. The highest BCUT2D eigenvalue weighted by Gasteiger charge is 2.22. The van der Waals surface area contributed by atoms with Gasteiger partial charge in [0.15, 0.2) is 11.6 Å². The summed E-state index contributed by atoms with van der Waals surface area (Å²) in [6.45, 7) is 4.62. The molecule has 168 valence electrons. The fourth-order valence-electron chi connectivity index (χ4n) is 4.08. The number of nitrogens with zero attached hydrogens (tertiary/aromatic N) is 3. The number of aromatic nitrogens is 3. The van der Waals surface area contributed by atoms with Gasteiger partial charge in [0, 0.05) is 30.9 Å².